The molecule has 1 aliphatic carbocycles. The van der Waals surface area contributed by atoms with E-state index in [0.29, 0.717) is 0 Å². The molecule has 5 heteroatoms. The SMILES string of the molecule is CCCCCOc1ccc2c(c1)CCC1=C2[N+]=C([NH3+])S1.[I-]. The van der Waals surface area contributed by atoms with Gasteiger partial charge < -0.3 is 28.7 Å². The van der Waals surface area contributed by atoms with Crippen LogP contribution < -0.4 is 39.4 Å². The van der Waals surface area contributed by atoms with Crippen molar-refractivity contribution in [3.8, 4) is 5.75 Å². The summed E-state index contributed by atoms with van der Waals surface area (Å²) in [5.74, 6) is 0.994. The first kappa shape index (κ1) is 16.8. The first-order valence-electron chi connectivity index (χ1n) is 7.35. The number of hydrogen-bond acceptors (Lipinski definition) is 3. The molecule has 3 rings (SSSR count). The molecule has 0 bridgehead atoms. The molecule has 0 fully saturated rings. The minimum absolute atomic E-state index is 0. The molecule has 3 nitrogen and oxygen atoms in total. The number of allylic oxidation sites excluding steroid dienone is 1. The van der Waals surface area contributed by atoms with Gasteiger partial charge in [-0.1, -0.05) is 19.8 Å². The van der Waals surface area contributed by atoms with Crippen molar-refractivity contribution in [1.82, 2.24) is 4.99 Å². The molecule has 0 spiro atoms. The predicted molar refractivity (Wildman–Crippen MR) is 84.3 cm³/mol. The van der Waals surface area contributed by atoms with Gasteiger partial charge in [-0.25, -0.2) is 0 Å². The van der Waals surface area contributed by atoms with Crippen LogP contribution in [0.25, 0.3) is 5.70 Å². The first-order valence-corrected chi connectivity index (χ1v) is 8.17. The smallest absolute Gasteiger partial charge is 0.471 e. The fourth-order valence-electron chi connectivity index (χ4n) is 2.67. The summed E-state index contributed by atoms with van der Waals surface area (Å²) in [5, 5.41) is 0.919. The van der Waals surface area contributed by atoms with Crippen LogP contribution in [-0.2, 0) is 6.42 Å². The largest absolute Gasteiger partial charge is 1.00 e. The van der Waals surface area contributed by atoms with Gasteiger partial charge in [0.15, 0.2) is 0 Å². The summed E-state index contributed by atoms with van der Waals surface area (Å²) in [6.07, 6.45) is 5.76. The van der Waals surface area contributed by atoms with Crippen molar-refractivity contribution < 1.29 is 34.4 Å². The van der Waals surface area contributed by atoms with Crippen LogP contribution in [-0.4, -0.2) is 11.8 Å². The maximum absolute atomic E-state index is 5.84. The predicted octanol–water partition coefficient (Wildman–Crippen LogP) is -0.445. The number of fused-ring (bicyclic) bond motifs is 2. The van der Waals surface area contributed by atoms with Crippen LogP contribution in [0.2, 0.25) is 0 Å². The maximum atomic E-state index is 5.84. The highest BCUT2D eigenvalue weighted by Crippen LogP contribution is 2.39. The average Bonchev–Trinajstić information content (AvgIpc) is 2.84. The number of nitrogens with zero attached hydrogens (tertiary/aromatic N) is 1. The van der Waals surface area contributed by atoms with Gasteiger partial charge in [-0.15, -0.1) is 0 Å². The Morgan fingerprint density at radius 1 is 1.29 bits per heavy atom. The number of benzene rings is 1. The van der Waals surface area contributed by atoms with E-state index in [1.165, 1.54) is 28.9 Å². The fourth-order valence-corrected chi connectivity index (χ4v) is 3.55. The molecule has 1 aromatic rings. The molecule has 0 unspecified atom stereocenters. The lowest BCUT2D eigenvalue weighted by molar-refractivity contribution is -0.206. The van der Waals surface area contributed by atoms with Gasteiger partial charge in [0, 0.05) is 0 Å². The molecule has 3 N–H and O–H groups in total. The molecule has 0 amide bonds. The van der Waals surface area contributed by atoms with Crippen molar-refractivity contribution in [3.63, 3.8) is 0 Å². The van der Waals surface area contributed by atoms with Gasteiger partial charge in [-0.05, 0) is 43.0 Å². The number of aryl methyl sites for hydroxylation is 1. The van der Waals surface area contributed by atoms with Crippen LogP contribution in [0.1, 0.15) is 43.7 Å². The van der Waals surface area contributed by atoms with Gasteiger partial charge in [0.05, 0.1) is 28.8 Å². The van der Waals surface area contributed by atoms with Crippen molar-refractivity contribution in [2.75, 3.05) is 6.61 Å². The van der Waals surface area contributed by atoms with Crippen LogP contribution in [0.5, 0.6) is 5.75 Å². The van der Waals surface area contributed by atoms with Crippen molar-refractivity contribution >= 4 is 22.6 Å². The van der Waals surface area contributed by atoms with Crippen LogP contribution in [0.15, 0.2) is 23.1 Å². The molecular formula is C16H21IN2OS+. The van der Waals surface area contributed by atoms with Crippen LogP contribution >= 0.6 is 11.8 Å². The second-order valence-corrected chi connectivity index (χ2v) is 6.42. The van der Waals surface area contributed by atoms with Gasteiger partial charge in [0.25, 0.3) is 0 Å². The zero-order valence-electron chi connectivity index (χ0n) is 12.3. The monoisotopic (exact) mass is 416 g/mol. The Bertz CT molecular complexity index is 584. The summed E-state index contributed by atoms with van der Waals surface area (Å²) < 4.78 is 5.84. The second kappa shape index (κ2) is 7.65. The minimum atomic E-state index is 0. The number of thioether (sulfide) groups is 1. The lowest BCUT2D eigenvalue weighted by Gasteiger charge is -2.13. The van der Waals surface area contributed by atoms with E-state index in [1.54, 1.807) is 11.8 Å². The molecule has 1 aliphatic heterocycles. The summed E-state index contributed by atoms with van der Waals surface area (Å²) in [6, 6.07) is 6.41. The van der Waals surface area contributed by atoms with Gasteiger partial charge in [0.1, 0.15) is 10.7 Å². The molecule has 0 saturated heterocycles. The highest BCUT2D eigenvalue weighted by atomic mass is 127. The fraction of sp³-hybridized carbons (Fsp3) is 0.438. The van der Waals surface area contributed by atoms with E-state index >= 15 is 0 Å². The summed E-state index contributed by atoms with van der Waals surface area (Å²) in [7, 11) is 0. The van der Waals surface area contributed by atoms with Crippen LogP contribution in [0.4, 0.5) is 0 Å². The molecule has 0 saturated carbocycles. The number of halogens is 1. The lowest BCUT2D eigenvalue weighted by Crippen LogP contribution is -3.00. The maximum Gasteiger partial charge on any atom is 0.471 e. The number of aliphatic imine (C=N–C) groups is 1. The summed E-state index contributed by atoms with van der Waals surface area (Å²) in [4.78, 5) is 5.95. The molecule has 0 aromatic heterocycles. The average molecular weight is 416 g/mol. The van der Waals surface area contributed by atoms with E-state index in [2.05, 4.69) is 35.8 Å². The minimum Gasteiger partial charge on any atom is -1.00 e. The zero-order valence-corrected chi connectivity index (χ0v) is 15.3. The van der Waals surface area contributed by atoms with E-state index in [0.717, 1.165) is 42.5 Å². The molecule has 2 aliphatic rings. The van der Waals surface area contributed by atoms with Crippen molar-refractivity contribution in [2.24, 2.45) is 0 Å². The quantitative estimate of drug-likeness (QED) is 0.523. The lowest BCUT2D eigenvalue weighted by atomic mass is 9.94. The molecule has 1 aromatic carbocycles. The summed E-state index contributed by atoms with van der Waals surface area (Å²) in [5.41, 5.74) is 7.71. The third kappa shape index (κ3) is 3.81. The van der Waals surface area contributed by atoms with Gasteiger partial charge in [-0.2, -0.15) is 0 Å². The number of quaternary nitrogens is 1. The Hall–Kier alpha value is -0.530. The van der Waals surface area contributed by atoms with Crippen LogP contribution in [0, 0.1) is 0 Å². The number of amidine groups is 1. The Labute approximate surface area is 147 Å². The molecule has 113 valence electrons. The van der Waals surface area contributed by atoms with E-state index < -0.39 is 0 Å². The molecule has 21 heavy (non-hydrogen) atoms. The Kier molecular flexibility index (Phi) is 6.13. The van der Waals surface area contributed by atoms with E-state index in [1.807, 2.05) is 0 Å². The first-order chi connectivity index (χ1) is 9.78. The molecule has 0 atom stereocenters. The Morgan fingerprint density at radius 2 is 2.14 bits per heavy atom. The van der Waals surface area contributed by atoms with Crippen molar-refractivity contribution in [1.29, 1.82) is 0 Å². The Balaban J connectivity index is 0.00000161. The molecule has 1 heterocycles. The Morgan fingerprint density at radius 3 is 2.95 bits per heavy atom. The van der Waals surface area contributed by atoms with E-state index in [4.69, 9.17) is 4.74 Å². The van der Waals surface area contributed by atoms with Gasteiger partial charge in [-0.3, -0.25) is 5.73 Å². The van der Waals surface area contributed by atoms with Crippen molar-refractivity contribution in [3.05, 3.63) is 34.2 Å². The van der Waals surface area contributed by atoms with E-state index in [-0.39, 0.29) is 24.0 Å². The topological polar surface area (TPSA) is 51.0 Å². The second-order valence-electron chi connectivity index (χ2n) is 5.25. The van der Waals surface area contributed by atoms with Crippen molar-refractivity contribution in [2.45, 2.75) is 39.0 Å². The van der Waals surface area contributed by atoms with Crippen LogP contribution in [0.3, 0.4) is 0 Å². The van der Waals surface area contributed by atoms with Gasteiger partial charge >= 0.3 is 10.9 Å². The zero-order chi connectivity index (χ0) is 13.9. The third-order valence-corrected chi connectivity index (χ3v) is 4.68. The molecular weight excluding hydrogens is 395 g/mol. The van der Waals surface area contributed by atoms with E-state index in [9.17, 15) is 0 Å². The standard InChI is InChI=1S/C16H20N2OS.HI/c1-2-3-4-9-19-12-6-7-13-11(10-12)5-8-14-15(13)18-16(17)20-14;/h6-7,10H,2-5,8-9,17H2,1H3;1H/q+1;. The molecule has 1 radical (unpaired) electrons. The normalized spacial score (nSPS) is 16.0. The number of ether oxygens (including phenoxy) is 1. The highest BCUT2D eigenvalue weighted by Gasteiger charge is 2.37. The summed E-state index contributed by atoms with van der Waals surface area (Å²) >= 11 is 1.72. The number of unbranched alkanes of at least 4 members (excludes halogenated alkanes) is 2. The highest BCUT2D eigenvalue weighted by molar-refractivity contribution is 8.17. The van der Waals surface area contributed by atoms with Gasteiger partial charge in [0.2, 0.25) is 0 Å². The number of rotatable bonds is 5. The summed E-state index contributed by atoms with van der Waals surface area (Å²) in [6.45, 7) is 3.03. The third-order valence-electron chi connectivity index (χ3n) is 3.71. The number of hydrogen-bond donors (Lipinski definition) is 1.